The summed E-state index contributed by atoms with van der Waals surface area (Å²) in [4.78, 5) is 5.95. The number of pyridine rings is 1. The fraction of sp³-hybridized carbons (Fsp3) is 0.312. The molecule has 0 atom stereocenters. The number of nitrogens with one attached hydrogen (secondary N) is 1. The molecule has 2 aromatic rings. The van der Waals surface area contributed by atoms with E-state index in [1.807, 2.05) is 17.8 Å². The molecule has 0 fully saturated rings. The van der Waals surface area contributed by atoms with E-state index in [-0.39, 0.29) is 0 Å². The number of hydrogen-bond acceptors (Lipinski definition) is 3. The zero-order chi connectivity index (χ0) is 13.5. The maximum absolute atomic E-state index is 4.62. The fourth-order valence-electron chi connectivity index (χ4n) is 1.78. The van der Waals surface area contributed by atoms with Gasteiger partial charge in [0.05, 0.1) is 5.69 Å². The summed E-state index contributed by atoms with van der Waals surface area (Å²) in [5.74, 6) is 1.89. The van der Waals surface area contributed by atoms with Gasteiger partial charge in [-0.15, -0.1) is 11.8 Å². The van der Waals surface area contributed by atoms with E-state index in [2.05, 4.69) is 60.5 Å². The Morgan fingerprint density at radius 2 is 1.95 bits per heavy atom. The molecule has 0 bridgehead atoms. The van der Waals surface area contributed by atoms with Crippen LogP contribution >= 0.6 is 11.8 Å². The molecule has 100 valence electrons. The third kappa shape index (κ3) is 4.28. The quantitative estimate of drug-likeness (QED) is 0.783. The summed E-state index contributed by atoms with van der Waals surface area (Å²) < 4.78 is 0. The molecular formula is C16H20N2S. The summed E-state index contributed by atoms with van der Waals surface area (Å²) in [6.45, 7) is 5.28. The Balaban J connectivity index is 1.98. The van der Waals surface area contributed by atoms with Gasteiger partial charge < -0.3 is 5.32 Å². The van der Waals surface area contributed by atoms with Crippen LogP contribution in [0.25, 0.3) is 0 Å². The normalized spacial score (nSPS) is 10.4. The lowest BCUT2D eigenvalue weighted by Crippen LogP contribution is -2.02. The predicted molar refractivity (Wildman–Crippen MR) is 83.8 cm³/mol. The molecule has 1 N–H and O–H groups in total. The standard InChI is InChI=1S/C16H20N2S/c1-3-11-17-16-10-6-8-14(18-16)12-19-15-9-5-4-7-13(15)2/h4-10H,3,11-12H2,1-2H3,(H,17,18). The van der Waals surface area contributed by atoms with E-state index < -0.39 is 0 Å². The Labute approximate surface area is 119 Å². The van der Waals surface area contributed by atoms with E-state index in [1.54, 1.807) is 0 Å². The van der Waals surface area contributed by atoms with Crippen molar-refractivity contribution in [1.82, 2.24) is 4.98 Å². The number of hydrogen-bond donors (Lipinski definition) is 1. The molecule has 0 aliphatic heterocycles. The molecule has 0 saturated carbocycles. The number of aryl methyl sites for hydroxylation is 1. The summed E-state index contributed by atoms with van der Waals surface area (Å²) >= 11 is 1.84. The summed E-state index contributed by atoms with van der Waals surface area (Å²) in [7, 11) is 0. The van der Waals surface area contributed by atoms with Crippen molar-refractivity contribution in [2.45, 2.75) is 30.9 Å². The topological polar surface area (TPSA) is 24.9 Å². The fourth-order valence-corrected chi connectivity index (χ4v) is 2.72. The monoisotopic (exact) mass is 272 g/mol. The van der Waals surface area contributed by atoms with Crippen molar-refractivity contribution in [2.75, 3.05) is 11.9 Å². The van der Waals surface area contributed by atoms with E-state index >= 15 is 0 Å². The van der Waals surface area contributed by atoms with Gasteiger partial charge in [0, 0.05) is 17.2 Å². The zero-order valence-corrected chi connectivity index (χ0v) is 12.3. The minimum absolute atomic E-state index is 0.909. The van der Waals surface area contributed by atoms with Crippen molar-refractivity contribution >= 4 is 17.6 Å². The Bertz CT molecular complexity index is 526. The Morgan fingerprint density at radius 1 is 1.11 bits per heavy atom. The lowest BCUT2D eigenvalue weighted by molar-refractivity contribution is 0.965. The van der Waals surface area contributed by atoms with Crippen LogP contribution in [0.3, 0.4) is 0 Å². The van der Waals surface area contributed by atoms with Crippen molar-refractivity contribution in [1.29, 1.82) is 0 Å². The molecule has 0 aliphatic carbocycles. The molecule has 1 heterocycles. The SMILES string of the molecule is CCCNc1cccc(CSc2ccccc2C)n1. The summed E-state index contributed by atoms with van der Waals surface area (Å²) in [6.07, 6.45) is 1.11. The van der Waals surface area contributed by atoms with Crippen molar-refractivity contribution in [2.24, 2.45) is 0 Å². The van der Waals surface area contributed by atoms with Crippen molar-refractivity contribution in [3.05, 3.63) is 53.7 Å². The first-order valence-corrected chi connectivity index (χ1v) is 7.66. The first-order valence-electron chi connectivity index (χ1n) is 6.68. The molecule has 1 aromatic carbocycles. The zero-order valence-electron chi connectivity index (χ0n) is 11.5. The first kappa shape index (κ1) is 13.9. The molecule has 0 amide bonds. The van der Waals surface area contributed by atoms with Crippen LogP contribution in [0.4, 0.5) is 5.82 Å². The highest BCUT2D eigenvalue weighted by Crippen LogP contribution is 2.25. The largest absolute Gasteiger partial charge is 0.370 e. The van der Waals surface area contributed by atoms with Gasteiger partial charge in [-0.1, -0.05) is 31.2 Å². The van der Waals surface area contributed by atoms with Crippen LogP contribution in [0, 0.1) is 6.92 Å². The molecule has 1 aromatic heterocycles. The molecule has 2 nitrogen and oxygen atoms in total. The number of benzene rings is 1. The van der Waals surface area contributed by atoms with E-state index in [0.717, 1.165) is 30.2 Å². The van der Waals surface area contributed by atoms with Crippen LogP contribution in [0.5, 0.6) is 0 Å². The molecule has 19 heavy (non-hydrogen) atoms. The lowest BCUT2D eigenvalue weighted by atomic mass is 10.2. The predicted octanol–water partition coefficient (Wildman–Crippen LogP) is 4.50. The van der Waals surface area contributed by atoms with Gasteiger partial charge in [-0.3, -0.25) is 0 Å². The van der Waals surface area contributed by atoms with Crippen molar-refractivity contribution < 1.29 is 0 Å². The van der Waals surface area contributed by atoms with Gasteiger partial charge in [-0.25, -0.2) is 4.98 Å². The third-order valence-corrected chi connectivity index (χ3v) is 4.04. The van der Waals surface area contributed by atoms with Gasteiger partial charge in [0.1, 0.15) is 5.82 Å². The molecule has 0 spiro atoms. The van der Waals surface area contributed by atoms with Crippen LogP contribution in [-0.2, 0) is 5.75 Å². The van der Waals surface area contributed by atoms with E-state index in [0.29, 0.717) is 0 Å². The van der Waals surface area contributed by atoms with Gasteiger partial charge >= 0.3 is 0 Å². The summed E-state index contributed by atoms with van der Waals surface area (Å²) in [6, 6.07) is 14.7. The molecule has 0 radical (unpaired) electrons. The minimum Gasteiger partial charge on any atom is -0.370 e. The highest BCUT2D eigenvalue weighted by Gasteiger charge is 2.01. The van der Waals surface area contributed by atoms with E-state index in [4.69, 9.17) is 0 Å². The highest BCUT2D eigenvalue weighted by molar-refractivity contribution is 7.98. The molecule has 0 unspecified atom stereocenters. The highest BCUT2D eigenvalue weighted by atomic mass is 32.2. The number of aromatic nitrogens is 1. The van der Waals surface area contributed by atoms with Crippen LogP contribution in [0.2, 0.25) is 0 Å². The van der Waals surface area contributed by atoms with Gasteiger partial charge in [-0.05, 0) is 37.1 Å². The Morgan fingerprint density at radius 3 is 2.74 bits per heavy atom. The van der Waals surface area contributed by atoms with Gasteiger partial charge in [0.25, 0.3) is 0 Å². The average Bonchev–Trinajstić information content (AvgIpc) is 2.45. The molecule has 0 saturated heterocycles. The number of thioether (sulfide) groups is 1. The van der Waals surface area contributed by atoms with E-state index in [1.165, 1.54) is 10.5 Å². The average molecular weight is 272 g/mol. The maximum Gasteiger partial charge on any atom is 0.126 e. The van der Waals surface area contributed by atoms with Crippen LogP contribution in [-0.4, -0.2) is 11.5 Å². The lowest BCUT2D eigenvalue weighted by Gasteiger charge is -2.07. The summed E-state index contributed by atoms with van der Waals surface area (Å²) in [5.41, 5.74) is 2.45. The van der Waals surface area contributed by atoms with Crippen LogP contribution in [0.1, 0.15) is 24.6 Å². The van der Waals surface area contributed by atoms with Crippen LogP contribution in [0.15, 0.2) is 47.4 Å². The smallest absolute Gasteiger partial charge is 0.126 e. The number of nitrogens with zero attached hydrogens (tertiary/aromatic N) is 1. The minimum atomic E-state index is 0.909. The van der Waals surface area contributed by atoms with Crippen LogP contribution < -0.4 is 5.32 Å². The van der Waals surface area contributed by atoms with Crippen molar-refractivity contribution in [3.63, 3.8) is 0 Å². The molecular weight excluding hydrogens is 252 g/mol. The Kier molecular flexibility index (Phi) is 5.28. The second-order valence-electron chi connectivity index (χ2n) is 4.50. The van der Waals surface area contributed by atoms with E-state index in [9.17, 15) is 0 Å². The number of anilines is 1. The van der Waals surface area contributed by atoms with Gasteiger partial charge in [0.2, 0.25) is 0 Å². The second-order valence-corrected chi connectivity index (χ2v) is 5.51. The first-order chi connectivity index (χ1) is 9.29. The van der Waals surface area contributed by atoms with Gasteiger partial charge in [-0.2, -0.15) is 0 Å². The molecule has 0 aliphatic rings. The molecule has 3 heteroatoms. The Hall–Kier alpha value is -1.48. The third-order valence-electron chi connectivity index (χ3n) is 2.83. The molecule has 2 rings (SSSR count). The number of rotatable bonds is 6. The summed E-state index contributed by atoms with van der Waals surface area (Å²) in [5, 5.41) is 3.32. The van der Waals surface area contributed by atoms with Gasteiger partial charge in [0.15, 0.2) is 0 Å². The maximum atomic E-state index is 4.62. The van der Waals surface area contributed by atoms with Crippen molar-refractivity contribution in [3.8, 4) is 0 Å². The second kappa shape index (κ2) is 7.19.